The van der Waals surface area contributed by atoms with E-state index in [0.717, 1.165) is 16.8 Å². The molecule has 0 radical (unpaired) electrons. The molecule has 1 aliphatic rings. The van der Waals surface area contributed by atoms with Crippen LogP contribution in [0.4, 0.5) is 5.69 Å². The van der Waals surface area contributed by atoms with Crippen molar-refractivity contribution in [3.63, 3.8) is 0 Å². The Morgan fingerprint density at radius 3 is 2.67 bits per heavy atom. The number of amides is 1. The summed E-state index contributed by atoms with van der Waals surface area (Å²) in [6.07, 6.45) is 2.81. The Morgan fingerprint density at radius 1 is 1.20 bits per heavy atom. The van der Waals surface area contributed by atoms with Crippen molar-refractivity contribution < 1.29 is 17.6 Å². The second-order valence-corrected chi connectivity index (χ2v) is 9.53. The number of carbonyl (C=O) groups excluding carboxylic acids is 1. The molecule has 1 amide bonds. The van der Waals surface area contributed by atoms with Crippen LogP contribution in [0.3, 0.4) is 0 Å². The topological polar surface area (TPSA) is 108 Å². The number of sulfonamides is 1. The molecule has 0 aliphatic carbocycles. The molecule has 1 unspecified atom stereocenters. The number of piperidine rings is 1. The van der Waals surface area contributed by atoms with Gasteiger partial charge in [-0.2, -0.15) is 9.40 Å². The van der Waals surface area contributed by atoms with Gasteiger partial charge in [0.2, 0.25) is 11.0 Å². The van der Waals surface area contributed by atoms with Crippen LogP contribution >= 0.6 is 0 Å². The van der Waals surface area contributed by atoms with Crippen molar-refractivity contribution in [3.05, 3.63) is 53.7 Å². The predicted octanol–water partition coefficient (Wildman–Crippen LogP) is 3.33. The van der Waals surface area contributed by atoms with E-state index >= 15 is 0 Å². The van der Waals surface area contributed by atoms with Crippen molar-refractivity contribution in [3.8, 4) is 11.5 Å². The lowest BCUT2D eigenvalue weighted by Gasteiger charge is -2.30. The smallest absolute Gasteiger partial charge is 0.276 e. The van der Waals surface area contributed by atoms with Crippen LogP contribution in [0.2, 0.25) is 0 Å². The van der Waals surface area contributed by atoms with E-state index in [9.17, 15) is 13.2 Å². The highest BCUT2D eigenvalue weighted by Gasteiger charge is 2.35. The lowest BCUT2D eigenvalue weighted by molar-refractivity contribution is -0.120. The summed E-state index contributed by atoms with van der Waals surface area (Å²) in [6, 6.07) is 10.6. The maximum absolute atomic E-state index is 13.1. The molecule has 3 aromatic rings. The molecule has 0 spiro atoms. The lowest BCUT2D eigenvalue weighted by Crippen LogP contribution is -2.43. The van der Waals surface area contributed by atoms with E-state index < -0.39 is 15.9 Å². The van der Waals surface area contributed by atoms with Crippen LogP contribution < -0.4 is 5.32 Å². The van der Waals surface area contributed by atoms with E-state index in [2.05, 4.69) is 15.5 Å². The normalized spacial score (nSPS) is 17.7. The average Bonchev–Trinajstić information content (AvgIpc) is 3.39. The van der Waals surface area contributed by atoms with Crippen LogP contribution in [0.15, 0.2) is 52.1 Å². The average molecular weight is 429 g/mol. The van der Waals surface area contributed by atoms with E-state index in [4.69, 9.17) is 4.42 Å². The van der Waals surface area contributed by atoms with Gasteiger partial charge in [-0.1, -0.05) is 6.07 Å². The van der Waals surface area contributed by atoms with Gasteiger partial charge in [0, 0.05) is 25.0 Å². The van der Waals surface area contributed by atoms with Crippen molar-refractivity contribution in [2.45, 2.75) is 31.8 Å². The minimum Gasteiger partial charge on any atom is -0.442 e. The highest BCUT2D eigenvalue weighted by Crippen LogP contribution is 2.28. The molecule has 9 heteroatoms. The van der Waals surface area contributed by atoms with Crippen LogP contribution in [-0.4, -0.2) is 41.9 Å². The molecule has 158 valence electrons. The van der Waals surface area contributed by atoms with Crippen molar-refractivity contribution in [2.24, 2.45) is 5.92 Å². The zero-order valence-electron chi connectivity index (χ0n) is 16.9. The summed E-state index contributed by atoms with van der Waals surface area (Å²) in [5.74, 6) is -0.193. The second kappa shape index (κ2) is 8.08. The van der Waals surface area contributed by atoms with Gasteiger partial charge in [0.1, 0.15) is 5.69 Å². The number of H-pyrrole nitrogens is 1. The Labute approximate surface area is 175 Å². The van der Waals surface area contributed by atoms with Crippen molar-refractivity contribution in [2.75, 3.05) is 18.4 Å². The third kappa shape index (κ3) is 4.17. The number of hydrogen-bond donors (Lipinski definition) is 2. The van der Waals surface area contributed by atoms with Crippen LogP contribution in [0.25, 0.3) is 11.5 Å². The van der Waals surface area contributed by atoms with Gasteiger partial charge in [-0.3, -0.25) is 9.89 Å². The van der Waals surface area contributed by atoms with Crippen LogP contribution in [0.5, 0.6) is 0 Å². The highest BCUT2D eigenvalue weighted by atomic mass is 32.2. The standard InChI is InChI=1S/C21H24N4O4S/c1-14-10-15(2)12-17(11-14)23-21(26)16-4-3-9-25(13-16)30(27,28)20-6-5-19(29-20)18-7-8-22-24-18/h5-8,10-12,16H,3-4,9,13H2,1-2H3,(H,22,24)(H,23,26). The highest BCUT2D eigenvalue weighted by molar-refractivity contribution is 7.89. The zero-order chi connectivity index (χ0) is 21.3. The fourth-order valence-electron chi connectivity index (χ4n) is 3.79. The van der Waals surface area contributed by atoms with Gasteiger partial charge < -0.3 is 9.73 Å². The third-order valence-corrected chi connectivity index (χ3v) is 6.93. The predicted molar refractivity (Wildman–Crippen MR) is 112 cm³/mol. The molecule has 30 heavy (non-hydrogen) atoms. The Morgan fingerprint density at radius 2 is 1.97 bits per heavy atom. The molecular weight excluding hydrogens is 404 g/mol. The molecule has 2 N–H and O–H groups in total. The molecule has 1 aliphatic heterocycles. The maximum Gasteiger partial charge on any atom is 0.276 e. The SMILES string of the molecule is Cc1cc(C)cc(NC(=O)C2CCCN(S(=O)(=O)c3ccc(-c4ccn[nH]4)o3)C2)c1. The third-order valence-electron chi connectivity index (χ3n) is 5.19. The molecule has 2 aromatic heterocycles. The molecule has 4 rings (SSSR count). The van der Waals surface area contributed by atoms with Gasteiger partial charge >= 0.3 is 0 Å². The minimum absolute atomic E-state index is 0.124. The van der Waals surface area contributed by atoms with Gasteiger partial charge in [-0.15, -0.1) is 0 Å². The minimum atomic E-state index is -3.83. The Bertz CT molecular complexity index is 1130. The first-order valence-electron chi connectivity index (χ1n) is 9.82. The van der Waals surface area contributed by atoms with Crippen LogP contribution in [-0.2, 0) is 14.8 Å². The van der Waals surface area contributed by atoms with Gasteiger partial charge in [0.15, 0.2) is 5.76 Å². The van der Waals surface area contributed by atoms with E-state index in [1.54, 1.807) is 18.3 Å². The number of aromatic nitrogens is 2. The number of benzene rings is 1. The molecule has 1 fully saturated rings. The first-order valence-corrected chi connectivity index (χ1v) is 11.3. The zero-order valence-corrected chi connectivity index (χ0v) is 17.7. The summed E-state index contributed by atoms with van der Waals surface area (Å²) in [5, 5.41) is 9.39. The fourth-order valence-corrected chi connectivity index (χ4v) is 5.23. The van der Waals surface area contributed by atoms with Gasteiger partial charge in [-0.05, 0) is 68.1 Å². The maximum atomic E-state index is 13.1. The molecule has 8 nitrogen and oxygen atoms in total. The van der Waals surface area contributed by atoms with Crippen molar-refractivity contribution in [1.29, 1.82) is 0 Å². The van der Waals surface area contributed by atoms with E-state index in [1.807, 2.05) is 32.0 Å². The molecule has 0 saturated carbocycles. The first-order chi connectivity index (χ1) is 14.3. The Hall–Kier alpha value is -2.91. The molecule has 1 aromatic carbocycles. The molecular formula is C21H24N4O4S. The van der Waals surface area contributed by atoms with Crippen LogP contribution in [0, 0.1) is 19.8 Å². The number of hydrogen-bond acceptors (Lipinski definition) is 5. The van der Waals surface area contributed by atoms with Crippen molar-refractivity contribution in [1.82, 2.24) is 14.5 Å². The summed E-state index contributed by atoms with van der Waals surface area (Å²) in [4.78, 5) is 12.8. The van der Waals surface area contributed by atoms with Gasteiger partial charge in [0.05, 0.1) is 5.92 Å². The summed E-state index contributed by atoms with van der Waals surface area (Å²) >= 11 is 0. The number of furan rings is 1. The lowest BCUT2D eigenvalue weighted by atomic mass is 9.98. The van der Waals surface area contributed by atoms with E-state index in [1.165, 1.54) is 10.4 Å². The largest absolute Gasteiger partial charge is 0.442 e. The summed E-state index contributed by atoms with van der Waals surface area (Å²) in [6.45, 7) is 4.42. The van der Waals surface area contributed by atoms with E-state index in [0.29, 0.717) is 30.8 Å². The summed E-state index contributed by atoms with van der Waals surface area (Å²) in [7, 11) is -3.83. The fraction of sp³-hybridized carbons (Fsp3) is 0.333. The van der Waals surface area contributed by atoms with Gasteiger partial charge in [0.25, 0.3) is 10.0 Å². The molecule has 3 heterocycles. The van der Waals surface area contributed by atoms with Crippen molar-refractivity contribution >= 4 is 21.6 Å². The quantitative estimate of drug-likeness (QED) is 0.648. The van der Waals surface area contributed by atoms with E-state index in [-0.39, 0.29) is 17.5 Å². The number of carbonyl (C=O) groups is 1. The number of anilines is 1. The van der Waals surface area contributed by atoms with Gasteiger partial charge in [-0.25, -0.2) is 8.42 Å². The number of aromatic amines is 1. The first kappa shape index (κ1) is 20.4. The Balaban J connectivity index is 1.48. The monoisotopic (exact) mass is 428 g/mol. The second-order valence-electron chi connectivity index (χ2n) is 7.66. The Kier molecular flexibility index (Phi) is 5.48. The number of nitrogens with one attached hydrogen (secondary N) is 2. The number of rotatable bonds is 5. The summed E-state index contributed by atoms with van der Waals surface area (Å²) in [5.41, 5.74) is 3.45. The molecule has 1 atom stereocenters. The number of nitrogens with zero attached hydrogens (tertiary/aromatic N) is 2. The van der Waals surface area contributed by atoms with Crippen LogP contribution in [0.1, 0.15) is 24.0 Å². The number of aryl methyl sites for hydroxylation is 2. The molecule has 1 saturated heterocycles. The molecule has 0 bridgehead atoms. The summed E-state index contributed by atoms with van der Waals surface area (Å²) < 4.78 is 33.0.